The first-order valence-electron chi connectivity index (χ1n) is 6.19. The van der Waals surface area contributed by atoms with Gasteiger partial charge in [0.05, 0.1) is 4.92 Å². The maximum absolute atomic E-state index is 12.0. The number of aliphatic carboxylic acids is 1. The monoisotopic (exact) mass is 278 g/mol. The van der Waals surface area contributed by atoms with Crippen molar-refractivity contribution in [2.75, 3.05) is 0 Å². The molecule has 1 atom stereocenters. The maximum atomic E-state index is 12.0. The number of nitro groups is 1. The molecule has 0 spiro atoms. The summed E-state index contributed by atoms with van der Waals surface area (Å²) in [6.45, 7) is 1.53. The van der Waals surface area contributed by atoms with Gasteiger partial charge in [-0.05, 0) is 37.8 Å². The van der Waals surface area contributed by atoms with Crippen molar-refractivity contribution in [3.8, 4) is 0 Å². The number of nitrogens with zero attached hydrogens (tertiary/aromatic N) is 1. The Bertz CT molecular complexity index is 580. The van der Waals surface area contributed by atoms with E-state index in [1.807, 2.05) is 0 Å². The minimum absolute atomic E-state index is 0.0180. The van der Waals surface area contributed by atoms with Gasteiger partial charge in [-0.25, -0.2) is 4.79 Å². The minimum Gasteiger partial charge on any atom is -0.480 e. The fraction of sp³-hybridized carbons (Fsp3) is 0.385. The van der Waals surface area contributed by atoms with Crippen molar-refractivity contribution >= 4 is 17.6 Å². The van der Waals surface area contributed by atoms with Crippen LogP contribution in [0.5, 0.6) is 0 Å². The van der Waals surface area contributed by atoms with E-state index in [0.29, 0.717) is 5.56 Å². The fourth-order valence-electron chi connectivity index (χ4n) is 2.04. The highest BCUT2D eigenvalue weighted by Crippen LogP contribution is 2.33. The van der Waals surface area contributed by atoms with Crippen molar-refractivity contribution in [1.29, 1.82) is 0 Å². The lowest BCUT2D eigenvalue weighted by Crippen LogP contribution is -2.42. The summed E-state index contributed by atoms with van der Waals surface area (Å²) < 4.78 is 0. The molecule has 7 heteroatoms. The number of carboxylic acids is 1. The number of hydrogen-bond acceptors (Lipinski definition) is 4. The summed E-state index contributed by atoms with van der Waals surface area (Å²) in [6.07, 6.45) is 1.58. The molecule has 1 aromatic carbocycles. The zero-order valence-corrected chi connectivity index (χ0v) is 10.8. The van der Waals surface area contributed by atoms with Crippen LogP contribution in [0.25, 0.3) is 0 Å². The van der Waals surface area contributed by atoms with Gasteiger partial charge in [-0.3, -0.25) is 14.9 Å². The van der Waals surface area contributed by atoms with E-state index in [4.69, 9.17) is 5.11 Å². The van der Waals surface area contributed by atoms with E-state index in [2.05, 4.69) is 5.32 Å². The van der Waals surface area contributed by atoms with Crippen molar-refractivity contribution in [3.05, 3.63) is 39.4 Å². The lowest BCUT2D eigenvalue weighted by atomic mass is 10.1. The Labute approximate surface area is 114 Å². The lowest BCUT2D eigenvalue weighted by Gasteiger charge is -2.13. The molecule has 7 nitrogen and oxygen atoms in total. The van der Waals surface area contributed by atoms with Gasteiger partial charge in [-0.15, -0.1) is 0 Å². The zero-order valence-electron chi connectivity index (χ0n) is 10.8. The van der Waals surface area contributed by atoms with Gasteiger partial charge >= 0.3 is 5.97 Å². The molecule has 1 fully saturated rings. The Morgan fingerprint density at radius 2 is 2.10 bits per heavy atom. The second-order valence-corrected chi connectivity index (χ2v) is 4.89. The average molecular weight is 278 g/mol. The summed E-state index contributed by atoms with van der Waals surface area (Å²) in [5, 5.41) is 22.2. The Morgan fingerprint density at radius 1 is 1.45 bits per heavy atom. The highest BCUT2D eigenvalue weighted by atomic mass is 16.6. The second kappa shape index (κ2) is 5.28. The Kier molecular flexibility index (Phi) is 3.69. The number of nitro benzene ring substituents is 1. The highest BCUT2D eigenvalue weighted by Gasteiger charge is 2.37. The minimum atomic E-state index is -1.06. The normalized spacial score (nSPS) is 15.4. The van der Waals surface area contributed by atoms with Crippen LogP contribution in [0.1, 0.15) is 28.8 Å². The van der Waals surface area contributed by atoms with Gasteiger partial charge in [0.2, 0.25) is 0 Å². The molecule has 1 saturated carbocycles. The number of hydrogen-bond donors (Lipinski definition) is 2. The molecule has 20 heavy (non-hydrogen) atoms. The summed E-state index contributed by atoms with van der Waals surface area (Å²) in [5.74, 6) is -1.60. The molecule has 1 aliphatic carbocycles. The second-order valence-electron chi connectivity index (χ2n) is 4.89. The summed E-state index contributed by atoms with van der Waals surface area (Å²) >= 11 is 0. The van der Waals surface area contributed by atoms with Crippen LogP contribution >= 0.6 is 0 Å². The molecule has 0 heterocycles. The number of rotatable bonds is 5. The Hall–Kier alpha value is -2.44. The van der Waals surface area contributed by atoms with Gasteiger partial charge in [0.15, 0.2) is 0 Å². The van der Waals surface area contributed by atoms with E-state index in [-0.39, 0.29) is 17.2 Å². The molecule has 1 aliphatic rings. The molecule has 1 aromatic rings. The molecular weight excluding hydrogens is 264 g/mol. The van der Waals surface area contributed by atoms with Crippen LogP contribution in [0.4, 0.5) is 5.69 Å². The van der Waals surface area contributed by atoms with Crippen molar-refractivity contribution in [2.24, 2.45) is 5.92 Å². The summed E-state index contributed by atoms with van der Waals surface area (Å²) in [6, 6.07) is 3.07. The molecule has 0 aromatic heterocycles. The third-order valence-electron chi connectivity index (χ3n) is 3.30. The molecule has 2 N–H and O–H groups in total. The molecule has 1 amide bonds. The Morgan fingerprint density at radius 3 is 2.55 bits per heavy atom. The van der Waals surface area contributed by atoms with E-state index in [9.17, 15) is 19.7 Å². The number of benzene rings is 1. The van der Waals surface area contributed by atoms with E-state index in [1.165, 1.54) is 25.1 Å². The predicted molar refractivity (Wildman–Crippen MR) is 69.4 cm³/mol. The number of carbonyl (C=O) groups is 2. The van der Waals surface area contributed by atoms with Crippen LogP contribution in [0.15, 0.2) is 18.2 Å². The van der Waals surface area contributed by atoms with Crippen LogP contribution in [-0.2, 0) is 4.79 Å². The van der Waals surface area contributed by atoms with Crippen LogP contribution in [-0.4, -0.2) is 27.9 Å². The van der Waals surface area contributed by atoms with Crippen molar-refractivity contribution < 1.29 is 19.6 Å². The van der Waals surface area contributed by atoms with Crippen molar-refractivity contribution in [1.82, 2.24) is 5.32 Å². The summed E-state index contributed by atoms with van der Waals surface area (Å²) in [7, 11) is 0. The third kappa shape index (κ3) is 2.93. The third-order valence-corrected chi connectivity index (χ3v) is 3.30. The van der Waals surface area contributed by atoms with Gasteiger partial charge in [0, 0.05) is 17.2 Å². The summed E-state index contributed by atoms with van der Waals surface area (Å²) in [5.41, 5.74) is 0.513. The highest BCUT2D eigenvalue weighted by molar-refractivity contribution is 5.97. The van der Waals surface area contributed by atoms with Gasteiger partial charge in [-0.1, -0.05) is 0 Å². The zero-order chi connectivity index (χ0) is 14.9. The molecule has 2 rings (SSSR count). The van der Waals surface area contributed by atoms with E-state index < -0.39 is 22.8 Å². The number of carbonyl (C=O) groups excluding carboxylic acids is 1. The first-order chi connectivity index (χ1) is 9.40. The number of carboxylic acid groups (broad SMARTS) is 1. The largest absolute Gasteiger partial charge is 0.480 e. The number of amides is 1. The van der Waals surface area contributed by atoms with Crippen LogP contribution in [0.3, 0.4) is 0 Å². The van der Waals surface area contributed by atoms with Crippen molar-refractivity contribution in [2.45, 2.75) is 25.8 Å². The van der Waals surface area contributed by atoms with E-state index in [1.54, 1.807) is 0 Å². The van der Waals surface area contributed by atoms with Crippen molar-refractivity contribution in [3.63, 3.8) is 0 Å². The smallest absolute Gasteiger partial charge is 0.326 e. The predicted octanol–water partition coefficient (Wildman–Crippen LogP) is 1.50. The first-order valence-corrected chi connectivity index (χ1v) is 6.19. The molecule has 0 radical (unpaired) electrons. The SMILES string of the molecule is Cc1cc(C(=O)NC(C(=O)O)C2CC2)ccc1[N+](=O)[O-]. The van der Waals surface area contributed by atoms with E-state index in [0.717, 1.165) is 12.8 Å². The molecule has 0 bridgehead atoms. The quantitative estimate of drug-likeness (QED) is 0.626. The standard InChI is InChI=1S/C13H14N2O5/c1-7-6-9(4-5-10(7)15(19)20)12(16)14-11(13(17)18)8-2-3-8/h4-6,8,11H,2-3H2,1H3,(H,14,16)(H,17,18). The fourth-order valence-corrected chi connectivity index (χ4v) is 2.04. The van der Waals surface area contributed by atoms with Gasteiger partial charge in [0.25, 0.3) is 11.6 Å². The molecular formula is C13H14N2O5. The first kappa shape index (κ1) is 14.0. The van der Waals surface area contributed by atoms with Crippen LogP contribution < -0.4 is 5.32 Å². The number of nitrogens with one attached hydrogen (secondary N) is 1. The molecule has 106 valence electrons. The van der Waals surface area contributed by atoms with E-state index >= 15 is 0 Å². The van der Waals surface area contributed by atoms with Crippen LogP contribution in [0, 0.1) is 23.0 Å². The number of aryl methyl sites for hydroxylation is 1. The van der Waals surface area contributed by atoms with Gasteiger partial charge < -0.3 is 10.4 Å². The topological polar surface area (TPSA) is 110 Å². The Balaban J connectivity index is 2.14. The van der Waals surface area contributed by atoms with Gasteiger partial charge in [-0.2, -0.15) is 0 Å². The molecule has 1 unspecified atom stereocenters. The average Bonchev–Trinajstić information content (AvgIpc) is 3.18. The van der Waals surface area contributed by atoms with Crippen LogP contribution in [0.2, 0.25) is 0 Å². The summed E-state index contributed by atoms with van der Waals surface area (Å²) in [4.78, 5) is 33.2. The molecule has 0 saturated heterocycles. The maximum Gasteiger partial charge on any atom is 0.326 e. The lowest BCUT2D eigenvalue weighted by molar-refractivity contribution is -0.385. The molecule has 0 aliphatic heterocycles. The van der Waals surface area contributed by atoms with Gasteiger partial charge in [0.1, 0.15) is 6.04 Å².